The third kappa shape index (κ3) is 2.88. The summed E-state index contributed by atoms with van der Waals surface area (Å²) < 4.78 is 4.96. The van der Waals surface area contributed by atoms with Crippen molar-refractivity contribution in [1.29, 1.82) is 0 Å². The highest BCUT2D eigenvalue weighted by molar-refractivity contribution is 6.33. The standard InChI is InChI=1S/C15H16ClN3O2/c1-11-10-13(17-21-11)15(20)19-8-6-18(7-9-19)14-5-3-2-4-12(14)16/h2-5,10H,6-9H2,1H3. The van der Waals surface area contributed by atoms with Gasteiger partial charge in [-0.1, -0.05) is 28.9 Å². The molecule has 1 aliphatic heterocycles. The van der Waals surface area contributed by atoms with E-state index in [0.29, 0.717) is 24.5 Å². The van der Waals surface area contributed by atoms with Gasteiger partial charge in [0.15, 0.2) is 5.69 Å². The molecule has 0 radical (unpaired) electrons. The van der Waals surface area contributed by atoms with Gasteiger partial charge in [0, 0.05) is 32.2 Å². The Hall–Kier alpha value is -2.01. The number of carbonyl (C=O) groups excluding carboxylic acids is 1. The summed E-state index contributed by atoms with van der Waals surface area (Å²) in [7, 11) is 0. The van der Waals surface area contributed by atoms with Crippen molar-refractivity contribution in [3.8, 4) is 0 Å². The number of nitrogens with zero attached hydrogens (tertiary/aromatic N) is 3. The monoisotopic (exact) mass is 305 g/mol. The molecule has 2 heterocycles. The van der Waals surface area contributed by atoms with Gasteiger partial charge in [-0.2, -0.15) is 0 Å². The quantitative estimate of drug-likeness (QED) is 0.856. The highest BCUT2D eigenvalue weighted by Gasteiger charge is 2.24. The van der Waals surface area contributed by atoms with Crippen molar-refractivity contribution in [2.24, 2.45) is 0 Å². The lowest BCUT2D eigenvalue weighted by Crippen LogP contribution is -2.49. The predicted octanol–water partition coefficient (Wildman–Crippen LogP) is 2.60. The molecule has 1 amide bonds. The molecular weight excluding hydrogens is 290 g/mol. The number of halogens is 1. The molecule has 5 nitrogen and oxygen atoms in total. The van der Waals surface area contributed by atoms with Crippen LogP contribution in [-0.2, 0) is 0 Å². The van der Waals surface area contributed by atoms with Crippen LogP contribution in [0.25, 0.3) is 0 Å². The first-order valence-corrected chi connectivity index (χ1v) is 7.25. The average molecular weight is 306 g/mol. The van der Waals surface area contributed by atoms with Gasteiger partial charge in [-0.05, 0) is 19.1 Å². The van der Waals surface area contributed by atoms with Crippen LogP contribution in [0.3, 0.4) is 0 Å². The smallest absolute Gasteiger partial charge is 0.276 e. The second-order valence-corrected chi connectivity index (χ2v) is 5.46. The molecule has 0 aliphatic carbocycles. The molecule has 21 heavy (non-hydrogen) atoms. The summed E-state index contributed by atoms with van der Waals surface area (Å²) in [6.07, 6.45) is 0. The van der Waals surface area contributed by atoms with E-state index in [9.17, 15) is 4.79 Å². The molecule has 1 aromatic carbocycles. The molecule has 0 bridgehead atoms. The third-order valence-electron chi connectivity index (χ3n) is 3.61. The third-order valence-corrected chi connectivity index (χ3v) is 3.93. The minimum Gasteiger partial charge on any atom is -0.367 e. The second kappa shape index (κ2) is 5.77. The molecule has 6 heteroatoms. The number of aryl methyl sites for hydroxylation is 1. The number of anilines is 1. The average Bonchev–Trinajstić information content (AvgIpc) is 2.94. The van der Waals surface area contributed by atoms with E-state index in [-0.39, 0.29) is 5.91 Å². The van der Waals surface area contributed by atoms with E-state index in [1.807, 2.05) is 24.3 Å². The van der Waals surface area contributed by atoms with Gasteiger partial charge < -0.3 is 14.3 Å². The molecule has 1 aromatic heterocycles. The van der Waals surface area contributed by atoms with E-state index in [1.165, 1.54) is 0 Å². The lowest BCUT2D eigenvalue weighted by atomic mass is 10.2. The fourth-order valence-electron chi connectivity index (χ4n) is 2.49. The molecule has 110 valence electrons. The van der Waals surface area contributed by atoms with Crippen LogP contribution in [-0.4, -0.2) is 42.1 Å². The van der Waals surface area contributed by atoms with Gasteiger partial charge in [0.25, 0.3) is 5.91 Å². The zero-order chi connectivity index (χ0) is 14.8. The van der Waals surface area contributed by atoms with Crippen molar-refractivity contribution in [3.63, 3.8) is 0 Å². The van der Waals surface area contributed by atoms with E-state index in [4.69, 9.17) is 16.1 Å². The topological polar surface area (TPSA) is 49.6 Å². The Kier molecular flexibility index (Phi) is 3.84. The summed E-state index contributed by atoms with van der Waals surface area (Å²) in [5.41, 5.74) is 1.39. The lowest BCUT2D eigenvalue weighted by molar-refractivity contribution is 0.0736. The van der Waals surface area contributed by atoms with E-state index < -0.39 is 0 Å². The number of benzene rings is 1. The molecule has 0 spiro atoms. The maximum Gasteiger partial charge on any atom is 0.276 e. The summed E-state index contributed by atoms with van der Waals surface area (Å²) in [4.78, 5) is 16.3. The van der Waals surface area contributed by atoms with Crippen molar-refractivity contribution < 1.29 is 9.32 Å². The first-order chi connectivity index (χ1) is 10.1. The molecule has 0 saturated carbocycles. The Bertz CT molecular complexity index is 648. The molecule has 0 N–H and O–H groups in total. The first kappa shape index (κ1) is 13.9. The van der Waals surface area contributed by atoms with E-state index in [2.05, 4.69) is 10.1 Å². The Morgan fingerprint density at radius 3 is 2.57 bits per heavy atom. The minimum atomic E-state index is -0.0781. The largest absolute Gasteiger partial charge is 0.367 e. The molecule has 1 fully saturated rings. The number of hydrogen-bond donors (Lipinski definition) is 0. The summed E-state index contributed by atoms with van der Waals surface area (Å²) in [6, 6.07) is 9.44. The Labute approximate surface area is 128 Å². The number of hydrogen-bond acceptors (Lipinski definition) is 4. The van der Waals surface area contributed by atoms with Crippen LogP contribution >= 0.6 is 11.6 Å². The van der Waals surface area contributed by atoms with Crippen molar-refractivity contribution in [3.05, 3.63) is 46.8 Å². The van der Waals surface area contributed by atoms with Gasteiger partial charge >= 0.3 is 0 Å². The van der Waals surface area contributed by atoms with Crippen LogP contribution < -0.4 is 4.90 Å². The van der Waals surface area contributed by atoms with Gasteiger partial charge in [0.2, 0.25) is 0 Å². The maximum absolute atomic E-state index is 12.3. The summed E-state index contributed by atoms with van der Waals surface area (Å²) in [5.74, 6) is 0.568. The van der Waals surface area contributed by atoms with Gasteiger partial charge in [-0.15, -0.1) is 0 Å². The van der Waals surface area contributed by atoms with Gasteiger partial charge in [0.05, 0.1) is 10.7 Å². The van der Waals surface area contributed by atoms with Crippen molar-refractivity contribution >= 4 is 23.2 Å². The van der Waals surface area contributed by atoms with Gasteiger partial charge in [-0.25, -0.2) is 0 Å². The number of aromatic nitrogens is 1. The number of piperazine rings is 1. The maximum atomic E-state index is 12.3. The molecule has 1 saturated heterocycles. The normalized spacial score (nSPS) is 15.3. The Morgan fingerprint density at radius 1 is 1.24 bits per heavy atom. The van der Waals surface area contributed by atoms with Gasteiger partial charge in [0.1, 0.15) is 5.76 Å². The number of para-hydroxylation sites is 1. The predicted molar refractivity (Wildman–Crippen MR) is 80.8 cm³/mol. The molecule has 1 aliphatic rings. The fourth-order valence-corrected chi connectivity index (χ4v) is 2.74. The highest BCUT2D eigenvalue weighted by atomic mass is 35.5. The number of amides is 1. The fraction of sp³-hybridized carbons (Fsp3) is 0.333. The van der Waals surface area contributed by atoms with Crippen LogP contribution in [0.15, 0.2) is 34.9 Å². The first-order valence-electron chi connectivity index (χ1n) is 6.87. The Morgan fingerprint density at radius 2 is 1.95 bits per heavy atom. The molecule has 3 rings (SSSR count). The molecule has 0 atom stereocenters. The summed E-state index contributed by atoms with van der Waals surface area (Å²) in [6.45, 7) is 4.59. The lowest BCUT2D eigenvalue weighted by Gasteiger charge is -2.36. The summed E-state index contributed by atoms with van der Waals surface area (Å²) >= 11 is 6.21. The number of carbonyl (C=O) groups is 1. The molecule has 2 aromatic rings. The van der Waals surface area contributed by atoms with E-state index in [0.717, 1.165) is 23.8 Å². The minimum absolute atomic E-state index is 0.0781. The SMILES string of the molecule is Cc1cc(C(=O)N2CCN(c3ccccc3Cl)CC2)no1. The zero-order valence-corrected chi connectivity index (χ0v) is 12.5. The van der Waals surface area contributed by atoms with Crippen LogP contribution in [0.5, 0.6) is 0 Å². The van der Waals surface area contributed by atoms with Crippen LogP contribution in [0, 0.1) is 6.92 Å². The van der Waals surface area contributed by atoms with E-state index in [1.54, 1.807) is 17.9 Å². The second-order valence-electron chi connectivity index (χ2n) is 5.05. The Balaban J connectivity index is 1.65. The number of rotatable bonds is 2. The van der Waals surface area contributed by atoms with Crippen LogP contribution in [0.2, 0.25) is 5.02 Å². The molecular formula is C15H16ClN3O2. The summed E-state index contributed by atoms with van der Waals surface area (Å²) in [5, 5.41) is 4.52. The molecule has 0 unspecified atom stereocenters. The van der Waals surface area contributed by atoms with Crippen LogP contribution in [0.4, 0.5) is 5.69 Å². The van der Waals surface area contributed by atoms with E-state index >= 15 is 0 Å². The van der Waals surface area contributed by atoms with Crippen molar-refractivity contribution in [2.45, 2.75) is 6.92 Å². The zero-order valence-electron chi connectivity index (χ0n) is 11.8. The highest BCUT2D eigenvalue weighted by Crippen LogP contribution is 2.26. The van der Waals surface area contributed by atoms with Crippen molar-refractivity contribution in [1.82, 2.24) is 10.1 Å². The van der Waals surface area contributed by atoms with Crippen molar-refractivity contribution in [2.75, 3.05) is 31.1 Å². The van der Waals surface area contributed by atoms with Gasteiger partial charge in [-0.3, -0.25) is 4.79 Å². The van der Waals surface area contributed by atoms with Crippen LogP contribution in [0.1, 0.15) is 16.2 Å².